The molecule has 0 bridgehead atoms. The van der Waals surface area contributed by atoms with Crippen molar-refractivity contribution in [2.75, 3.05) is 60.8 Å². The first kappa shape index (κ1) is 15.6. The van der Waals surface area contributed by atoms with Crippen molar-refractivity contribution < 1.29 is 14.2 Å². The number of nitrogens with zero attached hydrogens (tertiary/aromatic N) is 1. The molecule has 16 heavy (non-hydrogen) atoms. The fourth-order valence-electron chi connectivity index (χ4n) is 1.09. The van der Waals surface area contributed by atoms with Crippen LogP contribution in [0.2, 0.25) is 0 Å². The third-order valence-corrected chi connectivity index (χ3v) is 2.40. The predicted octanol–water partition coefficient (Wildman–Crippen LogP) is 0.102. The van der Waals surface area contributed by atoms with Gasteiger partial charge in [0, 0.05) is 41.0 Å². The summed E-state index contributed by atoms with van der Waals surface area (Å²) in [6.45, 7) is 4.18. The van der Waals surface area contributed by atoms with Crippen LogP contribution in [0.5, 0.6) is 0 Å². The lowest BCUT2D eigenvalue weighted by atomic mass is 10.5. The van der Waals surface area contributed by atoms with Crippen LogP contribution in [0.1, 0.15) is 0 Å². The van der Waals surface area contributed by atoms with E-state index >= 15 is 0 Å². The Hall–Kier alpha value is -0.430. The summed E-state index contributed by atoms with van der Waals surface area (Å²) in [6, 6.07) is 0. The fourth-order valence-corrected chi connectivity index (χ4v) is 1.37. The van der Waals surface area contributed by atoms with Crippen molar-refractivity contribution in [1.29, 1.82) is 0 Å². The van der Waals surface area contributed by atoms with Crippen LogP contribution in [0, 0.1) is 0 Å². The standard InChI is InChI=1S/C10H22N2O3S/c1-13-7-4-11-10(16)12(5-8-14-2)6-9-15-3/h4-9H2,1-3H3,(H,11,16). The highest BCUT2D eigenvalue weighted by Crippen LogP contribution is 1.91. The summed E-state index contributed by atoms with van der Waals surface area (Å²) in [4.78, 5) is 2.03. The first-order valence-electron chi connectivity index (χ1n) is 5.25. The molecule has 0 unspecified atom stereocenters. The van der Waals surface area contributed by atoms with Gasteiger partial charge >= 0.3 is 0 Å². The highest BCUT2D eigenvalue weighted by atomic mass is 32.1. The summed E-state index contributed by atoms with van der Waals surface area (Å²) in [5.41, 5.74) is 0. The minimum Gasteiger partial charge on any atom is -0.383 e. The van der Waals surface area contributed by atoms with Gasteiger partial charge in [0.05, 0.1) is 19.8 Å². The SMILES string of the molecule is COCCNC(=S)N(CCOC)CCOC. The monoisotopic (exact) mass is 250 g/mol. The number of hydrogen-bond acceptors (Lipinski definition) is 4. The minimum absolute atomic E-state index is 0.641. The van der Waals surface area contributed by atoms with Crippen LogP contribution >= 0.6 is 12.2 Å². The van der Waals surface area contributed by atoms with E-state index in [-0.39, 0.29) is 0 Å². The number of hydrogen-bond donors (Lipinski definition) is 1. The third kappa shape index (κ3) is 7.81. The lowest BCUT2D eigenvalue weighted by molar-refractivity contribution is 0.145. The molecule has 0 fully saturated rings. The molecule has 1 N–H and O–H groups in total. The van der Waals surface area contributed by atoms with Gasteiger partial charge in [-0.3, -0.25) is 0 Å². The first-order chi connectivity index (χ1) is 7.76. The van der Waals surface area contributed by atoms with E-state index in [1.54, 1.807) is 21.3 Å². The maximum absolute atomic E-state index is 5.26. The summed E-state index contributed by atoms with van der Waals surface area (Å²) >= 11 is 5.26. The van der Waals surface area contributed by atoms with Gasteiger partial charge in [-0.15, -0.1) is 0 Å². The summed E-state index contributed by atoms with van der Waals surface area (Å²) in [5.74, 6) is 0. The van der Waals surface area contributed by atoms with Crippen molar-refractivity contribution >= 4 is 17.3 Å². The molecule has 0 aromatic rings. The first-order valence-corrected chi connectivity index (χ1v) is 5.66. The molecule has 6 heteroatoms. The lowest BCUT2D eigenvalue weighted by Gasteiger charge is -2.25. The average molecular weight is 250 g/mol. The normalized spacial score (nSPS) is 10.2. The van der Waals surface area contributed by atoms with Crippen LogP contribution in [0.3, 0.4) is 0 Å². The Morgan fingerprint density at radius 3 is 1.94 bits per heavy atom. The van der Waals surface area contributed by atoms with E-state index in [0.29, 0.717) is 31.5 Å². The summed E-state index contributed by atoms with van der Waals surface area (Å²) in [7, 11) is 5.02. The Balaban J connectivity index is 3.88. The van der Waals surface area contributed by atoms with Gasteiger partial charge in [0.2, 0.25) is 0 Å². The molecule has 96 valence electrons. The molecule has 0 saturated heterocycles. The molecule has 0 aliphatic rings. The maximum Gasteiger partial charge on any atom is 0.169 e. The van der Waals surface area contributed by atoms with Crippen molar-refractivity contribution in [3.05, 3.63) is 0 Å². The van der Waals surface area contributed by atoms with E-state index in [9.17, 15) is 0 Å². The van der Waals surface area contributed by atoms with Gasteiger partial charge in [0.15, 0.2) is 5.11 Å². The highest BCUT2D eigenvalue weighted by molar-refractivity contribution is 7.80. The second kappa shape index (κ2) is 11.1. The van der Waals surface area contributed by atoms with Gasteiger partial charge in [0.25, 0.3) is 0 Å². The van der Waals surface area contributed by atoms with Crippen LogP contribution in [0.25, 0.3) is 0 Å². The zero-order valence-corrected chi connectivity index (χ0v) is 11.1. The second-order valence-electron chi connectivity index (χ2n) is 3.20. The second-order valence-corrected chi connectivity index (χ2v) is 3.58. The lowest BCUT2D eigenvalue weighted by Crippen LogP contribution is -2.44. The van der Waals surface area contributed by atoms with Gasteiger partial charge in [0.1, 0.15) is 0 Å². The van der Waals surface area contributed by atoms with Crippen LogP contribution in [-0.4, -0.2) is 70.8 Å². The molecule has 0 spiro atoms. The van der Waals surface area contributed by atoms with E-state index in [1.807, 2.05) is 4.90 Å². The Morgan fingerprint density at radius 1 is 1.00 bits per heavy atom. The van der Waals surface area contributed by atoms with Gasteiger partial charge in [-0.2, -0.15) is 0 Å². The van der Waals surface area contributed by atoms with E-state index in [2.05, 4.69) is 5.32 Å². The van der Waals surface area contributed by atoms with Crippen molar-refractivity contribution in [3.63, 3.8) is 0 Å². The number of thiocarbonyl (C=S) groups is 1. The average Bonchev–Trinajstić information content (AvgIpc) is 2.29. The largest absolute Gasteiger partial charge is 0.383 e. The van der Waals surface area contributed by atoms with Crippen LogP contribution in [0.4, 0.5) is 0 Å². The van der Waals surface area contributed by atoms with Crippen molar-refractivity contribution in [3.8, 4) is 0 Å². The smallest absolute Gasteiger partial charge is 0.169 e. The van der Waals surface area contributed by atoms with E-state index < -0.39 is 0 Å². The summed E-state index contributed by atoms with van der Waals surface area (Å²) in [5, 5.41) is 3.84. The van der Waals surface area contributed by atoms with Gasteiger partial charge in [-0.05, 0) is 12.2 Å². The van der Waals surface area contributed by atoms with E-state index in [1.165, 1.54) is 0 Å². The van der Waals surface area contributed by atoms with Crippen molar-refractivity contribution in [2.24, 2.45) is 0 Å². The molecule has 0 saturated carbocycles. The third-order valence-electron chi connectivity index (χ3n) is 2.00. The number of ether oxygens (including phenoxy) is 3. The van der Waals surface area contributed by atoms with Crippen LogP contribution < -0.4 is 5.32 Å². The molecule has 5 nitrogen and oxygen atoms in total. The molecule has 0 radical (unpaired) electrons. The fraction of sp³-hybridized carbons (Fsp3) is 0.900. The maximum atomic E-state index is 5.26. The Labute approximate surface area is 103 Å². The Morgan fingerprint density at radius 2 is 1.50 bits per heavy atom. The van der Waals surface area contributed by atoms with Crippen LogP contribution in [-0.2, 0) is 14.2 Å². The van der Waals surface area contributed by atoms with E-state index in [0.717, 1.165) is 13.1 Å². The topological polar surface area (TPSA) is 43.0 Å². The van der Waals surface area contributed by atoms with Crippen molar-refractivity contribution in [2.45, 2.75) is 0 Å². The molecule has 0 heterocycles. The van der Waals surface area contributed by atoms with Gasteiger partial charge in [-0.25, -0.2) is 0 Å². The molecule has 0 aromatic carbocycles. The quantitative estimate of drug-likeness (QED) is 0.462. The Kier molecular flexibility index (Phi) is 10.8. The minimum atomic E-state index is 0.641. The van der Waals surface area contributed by atoms with Gasteiger partial charge in [-0.1, -0.05) is 0 Å². The van der Waals surface area contributed by atoms with Gasteiger partial charge < -0.3 is 24.4 Å². The zero-order valence-electron chi connectivity index (χ0n) is 10.3. The van der Waals surface area contributed by atoms with Crippen molar-refractivity contribution in [1.82, 2.24) is 10.2 Å². The van der Waals surface area contributed by atoms with E-state index in [4.69, 9.17) is 26.4 Å². The molecular weight excluding hydrogens is 228 g/mol. The number of nitrogens with one attached hydrogen (secondary N) is 1. The molecule has 0 rings (SSSR count). The Bertz CT molecular complexity index is 173. The molecule has 0 aromatic heterocycles. The number of methoxy groups -OCH3 is 3. The number of rotatable bonds is 9. The van der Waals surface area contributed by atoms with Crippen LogP contribution in [0.15, 0.2) is 0 Å². The molecular formula is C10H22N2O3S. The molecule has 0 amide bonds. The molecule has 0 aliphatic carbocycles. The molecule has 0 atom stereocenters. The molecule has 0 aliphatic heterocycles. The zero-order chi connectivity index (χ0) is 12.2. The summed E-state index contributed by atoms with van der Waals surface area (Å²) in [6.07, 6.45) is 0. The predicted molar refractivity (Wildman–Crippen MR) is 67.8 cm³/mol. The summed E-state index contributed by atoms with van der Waals surface area (Å²) < 4.78 is 15.0. The highest BCUT2D eigenvalue weighted by Gasteiger charge is 2.08.